The second kappa shape index (κ2) is 12.3. The summed E-state index contributed by atoms with van der Waals surface area (Å²) in [6, 6.07) is 17.6. The zero-order valence-corrected chi connectivity index (χ0v) is 22.6. The van der Waals surface area contributed by atoms with Crippen molar-refractivity contribution in [3.63, 3.8) is 0 Å². The molecule has 0 aliphatic carbocycles. The first-order valence-corrected chi connectivity index (χ1v) is 12.4. The van der Waals surface area contributed by atoms with E-state index >= 15 is 0 Å². The molecular formula is C25H18Br2Cl2N2O3. The van der Waals surface area contributed by atoms with Crippen LogP contribution in [0.3, 0.4) is 0 Å². The van der Waals surface area contributed by atoms with Gasteiger partial charge in [0.2, 0.25) is 0 Å². The van der Waals surface area contributed by atoms with Crippen molar-refractivity contribution in [1.29, 1.82) is 5.26 Å². The van der Waals surface area contributed by atoms with Gasteiger partial charge < -0.3 is 14.8 Å². The average molecular weight is 625 g/mol. The Morgan fingerprint density at radius 1 is 1.09 bits per heavy atom. The van der Waals surface area contributed by atoms with Crippen LogP contribution in [-0.2, 0) is 11.4 Å². The van der Waals surface area contributed by atoms with E-state index in [2.05, 4.69) is 37.2 Å². The minimum absolute atomic E-state index is 0.0896. The molecule has 0 aromatic heterocycles. The van der Waals surface area contributed by atoms with E-state index in [0.29, 0.717) is 43.9 Å². The van der Waals surface area contributed by atoms with E-state index in [0.717, 1.165) is 10.0 Å². The Labute approximate surface area is 224 Å². The fourth-order valence-electron chi connectivity index (χ4n) is 2.93. The molecule has 0 fully saturated rings. The summed E-state index contributed by atoms with van der Waals surface area (Å²) in [6.07, 6.45) is 1.47. The molecular weight excluding hydrogens is 607 g/mol. The molecule has 0 atom stereocenters. The van der Waals surface area contributed by atoms with Gasteiger partial charge in [0.15, 0.2) is 0 Å². The highest BCUT2D eigenvalue weighted by molar-refractivity contribution is 9.11. The predicted octanol–water partition coefficient (Wildman–Crippen LogP) is 8.04. The number of carbonyl (C=O) groups excluding carboxylic acids is 1. The van der Waals surface area contributed by atoms with Gasteiger partial charge in [-0.15, -0.1) is 0 Å². The molecule has 3 aromatic rings. The quantitative estimate of drug-likeness (QED) is 0.203. The maximum Gasteiger partial charge on any atom is 0.266 e. The molecule has 0 bridgehead atoms. The van der Waals surface area contributed by atoms with Gasteiger partial charge in [0, 0.05) is 31.3 Å². The van der Waals surface area contributed by atoms with Crippen LogP contribution in [0.5, 0.6) is 11.5 Å². The van der Waals surface area contributed by atoms with Crippen molar-refractivity contribution in [2.45, 2.75) is 13.5 Å². The minimum atomic E-state index is -0.547. The average Bonchev–Trinajstić information content (AvgIpc) is 2.79. The smallest absolute Gasteiger partial charge is 0.266 e. The van der Waals surface area contributed by atoms with E-state index in [4.69, 9.17) is 32.7 Å². The second-order valence-corrected chi connectivity index (χ2v) is 9.53. The summed E-state index contributed by atoms with van der Waals surface area (Å²) in [5.41, 5.74) is 1.72. The van der Waals surface area contributed by atoms with Crippen molar-refractivity contribution < 1.29 is 14.3 Å². The van der Waals surface area contributed by atoms with Gasteiger partial charge >= 0.3 is 0 Å². The SMILES string of the molecule is CCOc1ccc(NC(=O)/C(C#N)=C/c2cc(Br)cc(Br)c2OCc2ccc(Cl)cc2Cl)cc1. The number of hydrogen-bond donors (Lipinski definition) is 1. The van der Waals surface area contributed by atoms with Crippen molar-refractivity contribution in [3.8, 4) is 17.6 Å². The summed E-state index contributed by atoms with van der Waals surface area (Å²) in [4.78, 5) is 12.8. The number of hydrogen-bond acceptors (Lipinski definition) is 4. The maximum atomic E-state index is 12.8. The van der Waals surface area contributed by atoms with Crippen LogP contribution in [0.25, 0.3) is 6.08 Å². The highest BCUT2D eigenvalue weighted by Crippen LogP contribution is 2.35. The van der Waals surface area contributed by atoms with Gasteiger partial charge in [-0.05, 0) is 77.5 Å². The summed E-state index contributed by atoms with van der Waals surface area (Å²) in [6.45, 7) is 2.60. The Hall–Kier alpha value is -2.50. The van der Waals surface area contributed by atoms with Crippen LogP contribution in [-0.4, -0.2) is 12.5 Å². The molecule has 1 amide bonds. The lowest BCUT2D eigenvalue weighted by Gasteiger charge is -2.14. The van der Waals surface area contributed by atoms with E-state index in [9.17, 15) is 10.1 Å². The fourth-order valence-corrected chi connectivity index (χ4v) is 4.77. The number of amides is 1. The van der Waals surface area contributed by atoms with Gasteiger partial charge in [-0.1, -0.05) is 45.2 Å². The van der Waals surface area contributed by atoms with E-state index < -0.39 is 5.91 Å². The van der Waals surface area contributed by atoms with Crippen LogP contribution < -0.4 is 14.8 Å². The van der Waals surface area contributed by atoms with Crippen LogP contribution in [0, 0.1) is 11.3 Å². The van der Waals surface area contributed by atoms with E-state index in [1.807, 2.05) is 19.1 Å². The van der Waals surface area contributed by atoms with E-state index in [1.54, 1.807) is 48.5 Å². The molecule has 5 nitrogen and oxygen atoms in total. The van der Waals surface area contributed by atoms with Crippen molar-refractivity contribution in [1.82, 2.24) is 0 Å². The summed E-state index contributed by atoms with van der Waals surface area (Å²) < 4.78 is 12.8. The van der Waals surface area contributed by atoms with Gasteiger partial charge in [-0.3, -0.25) is 4.79 Å². The van der Waals surface area contributed by atoms with Crippen LogP contribution >= 0.6 is 55.1 Å². The van der Waals surface area contributed by atoms with Crippen LogP contribution in [0.1, 0.15) is 18.1 Å². The molecule has 0 radical (unpaired) electrons. The van der Waals surface area contributed by atoms with E-state index in [-0.39, 0.29) is 12.2 Å². The van der Waals surface area contributed by atoms with Crippen molar-refractivity contribution in [2.24, 2.45) is 0 Å². The topological polar surface area (TPSA) is 71.3 Å². The molecule has 0 spiro atoms. The molecule has 174 valence electrons. The number of anilines is 1. The standard InChI is InChI=1S/C25H18Br2Cl2N2O3/c1-2-33-21-7-5-20(6-8-21)31-25(32)17(13-30)9-16-10-18(26)11-22(27)24(16)34-14-15-3-4-19(28)12-23(15)29/h3-12H,2,14H2,1H3,(H,31,32)/b17-9+. The number of benzene rings is 3. The fraction of sp³-hybridized carbons (Fsp3) is 0.120. The highest BCUT2D eigenvalue weighted by Gasteiger charge is 2.15. The number of ether oxygens (including phenoxy) is 2. The van der Waals surface area contributed by atoms with Crippen molar-refractivity contribution in [2.75, 3.05) is 11.9 Å². The molecule has 0 heterocycles. The number of carbonyl (C=O) groups is 1. The molecule has 3 rings (SSSR count). The largest absolute Gasteiger partial charge is 0.494 e. The third-order valence-corrected chi connectivity index (χ3v) is 6.15. The number of rotatable bonds is 8. The van der Waals surface area contributed by atoms with Gasteiger partial charge in [-0.25, -0.2) is 0 Å². The molecule has 34 heavy (non-hydrogen) atoms. The van der Waals surface area contributed by atoms with Gasteiger partial charge in [-0.2, -0.15) is 5.26 Å². The summed E-state index contributed by atoms with van der Waals surface area (Å²) in [7, 11) is 0. The summed E-state index contributed by atoms with van der Waals surface area (Å²) >= 11 is 19.1. The first-order chi connectivity index (χ1) is 16.3. The number of nitrogens with zero attached hydrogens (tertiary/aromatic N) is 1. The zero-order chi connectivity index (χ0) is 24.7. The minimum Gasteiger partial charge on any atom is -0.494 e. The number of nitriles is 1. The Morgan fingerprint density at radius 3 is 2.47 bits per heavy atom. The Balaban J connectivity index is 1.85. The first kappa shape index (κ1) is 26.1. The van der Waals surface area contributed by atoms with Crippen molar-refractivity contribution >= 4 is 72.7 Å². The Bertz CT molecular complexity index is 1270. The summed E-state index contributed by atoms with van der Waals surface area (Å²) in [5.74, 6) is 0.600. The Morgan fingerprint density at radius 2 is 1.82 bits per heavy atom. The molecule has 1 N–H and O–H groups in total. The number of halogens is 4. The number of nitrogens with one attached hydrogen (secondary N) is 1. The third kappa shape index (κ3) is 7.00. The van der Waals surface area contributed by atoms with Gasteiger partial charge in [0.1, 0.15) is 29.7 Å². The van der Waals surface area contributed by atoms with Crippen molar-refractivity contribution in [3.05, 3.63) is 90.3 Å². The molecule has 0 saturated carbocycles. The van der Waals surface area contributed by atoms with Crippen LogP contribution in [0.15, 0.2) is 69.1 Å². The molecule has 9 heteroatoms. The Kier molecular flexibility index (Phi) is 9.43. The molecule has 0 aliphatic heterocycles. The molecule has 0 saturated heterocycles. The van der Waals surface area contributed by atoms with E-state index in [1.165, 1.54) is 6.08 Å². The molecule has 3 aromatic carbocycles. The van der Waals surface area contributed by atoms with Gasteiger partial charge in [0.25, 0.3) is 5.91 Å². The zero-order valence-electron chi connectivity index (χ0n) is 17.9. The lowest BCUT2D eigenvalue weighted by atomic mass is 10.1. The molecule has 0 aliphatic rings. The third-order valence-electron chi connectivity index (χ3n) is 4.51. The molecule has 0 unspecified atom stereocenters. The first-order valence-electron chi connectivity index (χ1n) is 10.0. The monoisotopic (exact) mass is 622 g/mol. The lowest BCUT2D eigenvalue weighted by molar-refractivity contribution is -0.112. The second-order valence-electron chi connectivity index (χ2n) is 6.91. The summed E-state index contributed by atoms with van der Waals surface area (Å²) in [5, 5.41) is 13.4. The van der Waals surface area contributed by atoms with Gasteiger partial charge in [0.05, 0.1) is 11.1 Å². The predicted molar refractivity (Wildman–Crippen MR) is 142 cm³/mol. The van der Waals surface area contributed by atoms with Crippen LogP contribution in [0.4, 0.5) is 5.69 Å². The normalized spacial score (nSPS) is 11.0. The highest BCUT2D eigenvalue weighted by atomic mass is 79.9. The van der Waals surface area contributed by atoms with Crippen LogP contribution in [0.2, 0.25) is 10.0 Å². The maximum absolute atomic E-state index is 12.8. The lowest BCUT2D eigenvalue weighted by Crippen LogP contribution is -2.13.